The molecule has 5 heteroatoms. The minimum Gasteiger partial charge on any atom is -0.375 e. The molecule has 1 aromatic heterocycles. The number of aryl methyl sites for hydroxylation is 1. The van der Waals surface area contributed by atoms with Gasteiger partial charge in [0.05, 0.1) is 17.7 Å². The van der Waals surface area contributed by atoms with E-state index in [0.29, 0.717) is 6.54 Å². The molecule has 78 valence electrons. The molecule has 0 fully saturated rings. The number of thiazole rings is 1. The van der Waals surface area contributed by atoms with Crippen molar-refractivity contribution in [3.63, 3.8) is 0 Å². The van der Waals surface area contributed by atoms with Crippen molar-refractivity contribution in [1.29, 1.82) is 0 Å². The van der Waals surface area contributed by atoms with Crippen molar-refractivity contribution < 1.29 is 9.53 Å². The second-order valence-corrected chi connectivity index (χ2v) is 3.98. The molecule has 0 bridgehead atoms. The smallest absolute Gasteiger partial charge is 0.248 e. The molecule has 0 radical (unpaired) electrons. The molecule has 0 aliphatic rings. The highest BCUT2D eigenvalue weighted by Crippen LogP contribution is 2.13. The summed E-state index contributed by atoms with van der Waals surface area (Å²) in [6.07, 6.45) is 0. The topological polar surface area (TPSA) is 42.4 Å². The maximum atomic E-state index is 11.4. The van der Waals surface area contributed by atoms with E-state index in [1.54, 1.807) is 28.8 Å². The number of carbonyl (C=O) groups is 1. The van der Waals surface area contributed by atoms with E-state index < -0.39 is 0 Å². The van der Waals surface area contributed by atoms with Crippen molar-refractivity contribution in [2.75, 3.05) is 20.8 Å². The molecule has 0 unspecified atom stereocenters. The van der Waals surface area contributed by atoms with E-state index in [2.05, 4.69) is 4.98 Å². The summed E-state index contributed by atoms with van der Waals surface area (Å²) >= 11 is 1.57. The Kier molecular flexibility index (Phi) is 4.03. The van der Waals surface area contributed by atoms with Crippen molar-refractivity contribution >= 4 is 17.2 Å². The lowest BCUT2D eigenvalue weighted by Gasteiger charge is -2.15. The first-order valence-corrected chi connectivity index (χ1v) is 5.15. The lowest BCUT2D eigenvalue weighted by Crippen LogP contribution is -2.29. The van der Waals surface area contributed by atoms with Crippen LogP contribution in [0.1, 0.15) is 10.6 Å². The van der Waals surface area contributed by atoms with E-state index in [4.69, 9.17) is 4.74 Å². The van der Waals surface area contributed by atoms with E-state index in [1.165, 1.54) is 7.11 Å². The number of carbonyl (C=O) groups excluding carboxylic acids is 1. The van der Waals surface area contributed by atoms with Gasteiger partial charge in [0.1, 0.15) is 6.61 Å². The summed E-state index contributed by atoms with van der Waals surface area (Å²) in [6, 6.07) is 0. The molecule has 1 heterocycles. The first-order chi connectivity index (χ1) is 6.65. The highest BCUT2D eigenvalue weighted by Gasteiger charge is 2.10. The zero-order valence-electron chi connectivity index (χ0n) is 8.61. The fourth-order valence-electron chi connectivity index (χ4n) is 1.02. The molecule has 1 aromatic rings. The van der Waals surface area contributed by atoms with Gasteiger partial charge in [0.2, 0.25) is 5.91 Å². The van der Waals surface area contributed by atoms with Gasteiger partial charge < -0.3 is 9.64 Å². The molecule has 1 amide bonds. The summed E-state index contributed by atoms with van der Waals surface area (Å²) in [5.74, 6) is -0.0136. The monoisotopic (exact) mass is 214 g/mol. The van der Waals surface area contributed by atoms with Crippen LogP contribution in [0, 0.1) is 6.92 Å². The maximum Gasteiger partial charge on any atom is 0.248 e. The minimum atomic E-state index is -0.0136. The van der Waals surface area contributed by atoms with Gasteiger partial charge in [-0.1, -0.05) is 0 Å². The number of amides is 1. The molecule has 0 atom stereocenters. The molecule has 0 aliphatic carbocycles. The van der Waals surface area contributed by atoms with E-state index in [9.17, 15) is 4.79 Å². The van der Waals surface area contributed by atoms with Crippen molar-refractivity contribution in [2.45, 2.75) is 13.5 Å². The summed E-state index contributed by atoms with van der Waals surface area (Å²) in [5.41, 5.74) is 2.78. The van der Waals surface area contributed by atoms with Gasteiger partial charge in [-0.3, -0.25) is 4.79 Å². The highest BCUT2D eigenvalue weighted by atomic mass is 32.1. The van der Waals surface area contributed by atoms with Crippen molar-refractivity contribution in [1.82, 2.24) is 9.88 Å². The Labute approximate surface area is 87.5 Å². The quantitative estimate of drug-likeness (QED) is 0.752. The lowest BCUT2D eigenvalue weighted by atomic mass is 10.3. The van der Waals surface area contributed by atoms with Gasteiger partial charge in [0.15, 0.2) is 0 Å². The van der Waals surface area contributed by atoms with Crippen LogP contribution < -0.4 is 0 Å². The minimum absolute atomic E-state index is 0.0136. The van der Waals surface area contributed by atoms with Crippen LogP contribution in [0.5, 0.6) is 0 Å². The largest absolute Gasteiger partial charge is 0.375 e. The molecule has 0 aliphatic heterocycles. The predicted octanol–water partition coefficient (Wildman–Crippen LogP) is 1.06. The number of hydrogen-bond acceptors (Lipinski definition) is 4. The molecular weight excluding hydrogens is 200 g/mol. The van der Waals surface area contributed by atoms with Crippen molar-refractivity contribution in [3.8, 4) is 0 Å². The third-order valence-electron chi connectivity index (χ3n) is 1.92. The number of likely N-dealkylation sites (N-methyl/N-ethyl adjacent to an activating group) is 1. The van der Waals surface area contributed by atoms with E-state index >= 15 is 0 Å². The molecule has 0 saturated carbocycles. The van der Waals surface area contributed by atoms with Gasteiger partial charge >= 0.3 is 0 Å². The normalized spacial score (nSPS) is 10.2. The van der Waals surface area contributed by atoms with Crippen LogP contribution in [0.4, 0.5) is 0 Å². The van der Waals surface area contributed by atoms with Crippen LogP contribution in [-0.2, 0) is 16.1 Å². The Bertz CT molecular complexity index is 312. The Morgan fingerprint density at radius 2 is 2.43 bits per heavy atom. The highest BCUT2D eigenvalue weighted by molar-refractivity contribution is 7.09. The van der Waals surface area contributed by atoms with Gasteiger partial charge in [-0.2, -0.15) is 0 Å². The summed E-state index contributed by atoms with van der Waals surface area (Å²) in [6.45, 7) is 2.69. The number of aromatic nitrogens is 1. The number of rotatable bonds is 4. The number of methoxy groups -OCH3 is 1. The summed E-state index contributed by atoms with van der Waals surface area (Å²) in [5, 5.41) is 0. The van der Waals surface area contributed by atoms with E-state index in [0.717, 1.165) is 10.6 Å². The first-order valence-electron chi connectivity index (χ1n) is 4.27. The van der Waals surface area contributed by atoms with Gasteiger partial charge in [-0.25, -0.2) is 4.98 Å². The number of hydrogen-bond donors (Lipinski definition) is 0. The van der Waals surface area contributed by atoms with E-state index in [-0.39, 0.29) is 12.5 Å². The predicted molar refractivity (Wildman–Crippen MR) is 55.2 cm³/mol. The van der Waals surface area contributed by atoms with Gasteiger partial charge in [-0.05, 0) is 6.92 Å². The van der Waals surface area contributed by atoms with Crippen molar-refractivity contribution in [2.24, 2.45) is 0 Å². The molecule has 0 N–H and O–H groups in total. The van der Waals surface area contributed by atoms with Crippen LogP contribution >= 0.6 is 11.3 Å². The van der Waals surface area contributed by atoms with Crippen LogP contribution in [0.25, 0.3) is 0 Å². The third-order valence-corrected chi connectivity index (χ3v) is 2.84. The average Bonchev–Trinajstić information content (AvgIpc) is 2.52. The third kappa shape index (κ3) is 2.78. The van der Waals surface area contributed by atoms with Crippen molar-refractivity contribution in [3.05, 3.63) is 16.1 Å². The van der Waals surface area contributed by atoms with Gasteiger partial charge in [-0.15, -0.1) is 11.3 Å². The summed E-state index contributed by atoms with van der Waals surface area (Å²) in [4.78, 5) is 18.3. The molecule has 0 saturated heterocycles. The van der Waals surface area contributed by atoms with Gasteiger partial charge in [0, 0.05) is 19.0 Å². The molecular formula is C9H14N2O2S. The van der Waals surface area contributed by atoms with Crippen LogP contribution in [0.2, 0.25) is 0 Å². The SMILES string of the molecule is COCC(=O)N(C)Cc1scnc1C. The fraction of sp³-hybridized carbons (Fsp3) is 0.556. The molecule has 14 heavy (non-hydrogen) atoms. The standard InChI is InChI=1S/C9H14N2O2S/c1-7-8(14-6-10-7)4-11(2)9(12)5-13-3/h6H,4-5H2,1-3H3. The second kappa shape index (κ2) is 5.07. The van der Waals surface area contributed by atoms with Gasteiger partial charge in [0.25, 0.3) is 0 Å². The summed E-state index contributed by atoms with van der Waals surface area (Å²) < 4.78 is 4.77. The summed E-state index contributed by atoms with van der Waals surface area (Å²) in [7, 11) is 3.28. The Morgan fingerprint density at radius 1 is 1.71 bits per heavy atom. The average molecular weight is 214 g/mol. The van der Waals surface area contributed by atoms with Crippen LogP contribution in [0.3, 0.4) is 0 Å². The number of nitrogens with zero attached hydrogens (tertiary/aromatic N) is 2. The zero-order valence-corrected chi connectivity index (χ0v) is 9.43. The maximum absolute atomic E-state index is 11.4. The zero-order chi connectivity index (χ0) is 10.6. The van der Waals surface area contributed by atoms with Crippen LogP contribution in [-0.4, -0.2) is 36.6 Å². The van der Waals surface area contributed by atoms with E-state index in [1.807, 2.05) is 6.92 Å². The molecule has 0 spiro atoms. The second-order valence-electron chi connectivity index (χ2n) is 3.04. The first kappa shape index (κ1) is 11.1. The Morgan fingerprint density at radius 3 is 2.93 bits per heavy atom. The Hall–Kier alpha value is -0.940. The lowest BCUT2D eigenvalue weighted by molar-refractivity contribution is -0.134. The molecule has 4 nitrogen and oxygen atoms in total. The fourth-order valence-corrected chi connectivity index (χ4v) is 1.84. The molecule has 1 rings (SSSR count). The number of ether oxygens (including phenoxy) is 1. The van der Waals surface area contributed by atoms with Crippen LogP contribution in [0.15, 0.2) is 5.51 Å². The molecule has 0 aromatic carbocycles. The Balaban J connectivity index is 2.52.